The highest BCUT2D eigenvalue weighted by atomic mass is 16.3. The first kappa shape index (κ1) is 14.8. The van der Waals surface area contributed by atoms with Gasteiger partial charge in [-0.3, -0.25) is 9.69 Å². The van der Waals surface area contributed by atoms with Crippen molar-refractivity contribution in [2.45, 2.75) is 76.5 Å². The number of rotatable bonds is 3. The zero-order valence-corrected chi connectivity index (χ0v) is 12.3. The van der Waals surface area contributed by atoms with E-state index in [0.29, 0.717) is 6.04 Å². The molecular weight excluding hydrogens is 240 g/mol. The Kier molecular flexibility index (Phi) is 4.85. The Bertz CT molecular complexity index is 301. The number of hydrogen-bond donors (Lipinski definition) is 2. The highest BCUT2D eigenvalue weighted by molar-refractivity contribution is 5.81. The van der Waals surface area contributed by atoms with Crippen LogP contribution in [-0.4, -0.2) is 46.7 Å². The highest BCUT2D eigenvalue weighted by Gasteiger charge is 2.32. The zero-order chi connectivity index (χ0) is 13.9. The SMILES string of the molecule is CC(C(=O)NC1CCCCC1)N1CCC(C)(O)CC1. The molecule has 1 saturated carbocycles. The molecule has 0 aromatic carbocycles. The van der Waals surface area contributed by atoms with Crippen LogP contribution in [0.2, 0.25) is 0 Å². The molecule has 0 spiro atoms. The third-order valence-electron chi connectivity index (χ3n) is 4.75. The van der Waals surface area contributed by atoms with Gasteiger partial charge in [-0.15, -0.1) is 0 Å². The monoisotopic (exact) mass is 268 g/mol. The summed E-state index contributed by atoms with van der Waals surface area (Å²) in [5.74, 6) is 0.161. The number of carbonyl (C=O) groups is 1. The van der Waals surface area contributed by atoms with Gasteiger partial charge in [-0.1, -0.05) is 19.3 Å². The molecule has 2 N–H and O–H groups in total. The van der Waals surface area contributed by atoms with Gasteiger partial charge in [-0.05, 0) is 39.5 Å². The second-order valence-corrected chi connectivity index (χ2v) is 6.55. The van der Waals surface area contributed by atoms with E-state index in [1.165, 1.54) is 19.3 Å². The van der Waals surface area contributed by atoms with Gasteiger partial charge in [0.25, 0.3) is 0 Å². The second kappa shape index (κ2) is 6.23. The van der Waals surface area contributed by atoms with Crippen molar-refractivity contribution in [3.05, 3.63) is 0 Å². The van der Waals surface area contributed by atoms with E-state index in [4.69, 9.17) is 0 Å². The van der Waals surface area contributed by atoms with Gasteiger partial charge in [0.05, 0.1) is 11.6 Å². The van der Waals surface area contributed by atoms with E-state index < -0.39 is 5.60 Å². The number of nitrogens with zero attached hydrogens (tertiary/aromatic N) is 1. The van der Waals surface area contributed by atoms with E-state index in [-0.39, 0.29) is 11.9 Å². The fourth-order valence-electron chi connectivity index (χ4n) is 3.13. The molecule has 1 aliphatic heterocycles. The van der Waals surface area contributed by atoms with Crippen molar-refractivity contribution in [1.82, 2.24) is 10.2 Å². The topological polar surface area (TPSA) is 52.6 Å². The zero-order valence-electron chi connectivity index (χ0n) is 12.3. The summed E-state index contributed by atoms with van der Waals surface area (Å²) < 4.78 is 0. The minimum absolute atomic E-state index is 0.0713. The van der Waals surface area contributed by atoms with Crippen molar-refractivity contribution in [3.8, 4) is 0 Å². The Morgan fingerprint density at radius 1 is 1.26 bits per heavy atom. The molecule has 1 amide bonds. The Balaban J connectivity index is 1.78. The maximum Gasteiger partial charge on any atom is 0.237 e. The van der Waals surface area contributed by atoms with Crippen molar-refractivity contribution in [1.29, 1.82) is 0 Å². The fraction of sp³-hybridized carbons (Fsp3) is 0.933. The van der Waals surface area contributed by atoms with Gasteiger partial charge < -0.3 is 10.4 Å². The minimum Gasteiger partial charge on any atom is -0.390 e. The summed E-state index contributed by atoms with van der Waals surface area (Å²) in [7, 11) is 0. The summed E-state index contributed by atoms with van der Waals surface area (Å²) >= 11 is 0. The largest absolute Gasteiger partial charge is 0.390 e. The summed E-state index contributed by atoms with van der Waals surface area (Å²) in [6.45, 7) is 5.49. The van der Waals surface area contributed by atoms with E-state index >= 15 is 0 Å². The Morgan fingerprint density at radius 2 is 1.84 bits per heavy atom. The van der Waals surface area contributed by atoms with Gasteiger partial charge >= 0.3 is 0 Å². The number of nitrogens with one attached hydrogen (secondary N) is 1. The lowest BCUT2D eigenvalue weighted by atomic mass is 9.92. The molecule has 0 radical (unpaired) electrons. The Hall–Kier alpha value is -0.610. The molecule has 1 atom stereocenters. The lowest BCUT2D eigenvalue weighted by Gasteiger charge is -2.38. The second-order valence-electron chi connectivity index (χ2n) is 6.55. The molecule has 19 heavy (non-hydrogen) atoms. The Labute approximate surface area is 116 Å². The van der Waals surface area contributed by atoms with Crippen LogP contribution in [0.5, 0.6) is 0 Å². The van der Waals surface area contributed by atoms with Gasteiger partial charge in [0, 0.05) is 19.1 Å². The predicted molar refractivity (Wildman–Crippen MR) is 75.9 cm³/mol. The van der Waals surface area contributed by atoms with Gasteiger partial charge in [0.2, 0.25) is 5.91 Å². The molecular formula is C15H28N2O2. The number of likely N-dealkylation sites (tertiary alicyclic amines) is 1. The third kappa shape index (κ3) is 4.18. The molecule has 0 aromatic rings. The molecule has 1 unspecified atom stereocenters. The normalized spacial score (nSPS) is 26.9. The van der Waals surface area contributed by atoms with Gasteiger partial charge in [0.15, 0.2) is 0 Å². The maximum atomic E-state index is 12.3. The van der Waals surface area contributed by atoms with Crippen molar-refractivity contribution in [2.75, 3.05) is 13.1 Å². The molecule has 0 bridgehead atoms. The lowest BCUT2D eigenvalue weighted by Crippen LogP contribution is -2.53. The maximum absolute atomic E-state index is 12.3. The number of hydrogen-bond acceptors (Lipinski definition) is 3. The highest BCUT2D eigenvalue weighted by Crippen LogP contribution is 2.23. The average molecular weight is 268 g/mol. The van der Waals surface area contributed by atoms with Crippen LogP contribution in [0, 0.1) is 0 Å². The molecule has 2 rings (SSSR count). The number of carbonyl (C=O) groups excluding carboxylic acids is 1. The lowest BCUT2D eigenvalue weighted by molar-refractivity contribution is -0.128. The van der Waals surface area contributed by atoms with Crippen LogP contribution in [0.1, 0.15) is 58.8 Å². The quantitative estimate of drug-likeness (QED) is 0.818. The first-order valence-corrected chi connectivity index (χ1v) is 7.75. The molecule has 2 fully saturated rings. The molecule has 4 heteroatoms. The average Bonchev–Trinajstić information content (AvgIpc) is 2.39. The summed E-state index contributed by atoms with van der Waals surface area (Å²) in [4.78, 5) is 14.4. The van der Waals surface area contributed by atoms with Crippen molar-refractivity contribution in [2.24, 2.45) is 0 Å². The molecule has 2 aliphatic rings. The van der Waals surface area contributed by atoms with E-state index in [1.54, 1.807) is 0 Å². The molecule has 1 heterocycles. The number of piperidine rings is 1. The Morgan fingerprint density at radius 3 is 2.42 bits per heavy atom. The molecule has 110 valence electrons. The third-order valence-corrected chi connectivity index (χ3v) is 4.75. The summed E-state index contributed by atoms with van der Waals surface area (Å²) in [5.41, 5.74) is -0.546. The van der Waals surface area contributed by atoms with E-state index in [1.807, 2.05) is 13.8 Å². The summed E-state index contributed by atoms with van der Waals surface area (Å²) in [6, 6.07) is 0.314. The van der Waals surface area contributed by atoms with Crippen LogP contribution >= 0.6 is 0 Å². The van der Waals surface area contributed by atoms with Crippen LogP contribution in [-0.2, 0) is 4.79 Å². The number of aliphatic hydroxyl groups is 1. The number of amides is 1. The first-order valence-electron chi connectivity index (χ1n) is 7.75. The predicted octanol–water partition coefficient (Wildman–Crippen LogP) is 1.67. The van der Waals surface area contributed by atoms with Crippen molar-refractivity contribution < 1.29 is 9.90 Å². The van der Waals surface area contributed by atoms with Crippen LogP contribution in [0.15, 0.2) is 0 Å². The summed E-state index contributed by atoms with van der Waals surface area (Å²) in [6.07, 6.45) is 7.57. The fourth-order valence-corrected chi connectivity index (χ4v) is 3.13. The standard InChI is InChI=1S/C15H28N2O2/c1-12(17-10-8-15(2,19)9-11-17)14(18)16-13-6-4-3-5-7-13/h12-13,19H,3-11H2,1-2H3,(H,16,18). The van der Waals surface area contributed by atoms with Crippen LogP contribution < -0.4 is 5.32 Å². The van der Waals surface area contributed by atoms with E-state index in [0.717, 1.165) is 38.8 Å². The molecule has 0 aromatic heterocycles. The summed E-state index contributed by atoms with van der Waals surface area (Å²) in [5, 5.41) is 13.1. The van der Waals surface area contributed by atoms with E-state index in [9.17, 15) is 9.90 Å². The van der Waals surface area contributed by atoms with Crippen LogP contribution in [0.25, 0.3) is 0 Å². The van der Waals surface area contributed by atoms with Gasteiger partial charge in [-0.2, -0.15) is 0 Å². The molecule has 1 aliphatic carbocycles. The van der Waals surface area contributed by atoms with E-state index in [2.05, 4.69) is 10.2 Å². The van der Waals surface area contributed by atoms with Crippen molar-refractivity contribution in [3.63, 3.8) is 0 Å². The molecule has 1 saturated heterocycles. The molecule has 4 nitrogen and oxygen atoms in total. The minimum atomic E-state index is -0.546. The van der Waals surface area contributed by atoms with Crippen molar-refractivity contribution >= 4 is 5.91 Å². The van der Waals surface area contributed by atoms with Crippen LogP contribution in [0.3, 0.4) is 0 Å². The van der Waals surface area contributed by atoms with Gasteiger partial charge in [0.1, 0.15) is 0 Å². The first-order chi connectivity index (χ1) is 8.98. The van der Waals surface area contributed by atoms with Crippen LogP contribution in [0.4, 0.5) is 0 Å². The smallest absolute Gasteiger partial charge is 0.237 e. The van der Waals surface area contributed by atoms with Gasteiger partial charge in [-0.25, -0.2) is 0 Å².